The van der Waals surface area contributed by atoms with E-state index in [9.17, 15) is 19.2 Å². The van der Waals surface area contributed by atoms with Crippen LogP contribution < -0.4 is 16.0 Å². The topological polar surface area (TPSA) is 117 Å². The van der Waals surface area contributed by atoms with Crippen LogP contribution in [0.3, 0.4) is 0 Å². The number of fused-ring (bicyclic) bond motifs is 1. The van der Waals surface area contributed by atoms with Crippen molar-refractivity contribution >= 4 is 23.6 Å². The SMILES string of the molecule is CCOC1C(C2CCCCC2)CCNC1C(F)(F)C(=O)NCc1ccc2c(c1)CN(C1CCC(=O)NC1=O)C2=O. The lowest BCUT2D eigenvalue weighted by Crippen LogP contribution is -2.64. The molecule has 4 unspecified atom stereocenters. The number of nitrogens with one attached hydrogen (secondary N) is 3. The molecule has 1 saturated carbocycles. The average Bonchev–Trinajstić information content (AvgIpc) is 3.27. The van der Waals surface area contributed by atoms with Crippen LogP contribution >= 0.6 is 0 Å². The van der Waals surface area contributed by atoms with Gasteiger partial charge in [0.05, 0.1) is 6.10 Å². The van der Waals surface area contributed by atoms with Crippen molar-refractivity contribution < 1.29 is 32.7 Å². The molecule has 1 aromatic carbocycles. The third-order valence-electron chi connectivity index (χ3n) is 8.94. The Balaban J connectivity index is 1.23. The van der Waals surface area contributed by atoms with E-state index in [4.69, 9.17) is 4.74 Å². The minimum atomic E-state index is -3.68. The van der Waals surface area contributed by atoms with Gasteiger partial charge in [-0.1, -0.05) is 44.2 Å². The largest absolute Gasteiger partial charge is 0.376 e. The summed E-state index contributed by atoms with van der Waals surface area (Å²) in [6.45, 7) is 2.55. The highest BCUT2D eigenvalue weighted by Crippen LogP contribution is 2.40. The van der Waals surface area contributed by atoms with E-state index in [0.29, 0.717) is 35.8 Å². The van der Waals surface area contributed by atoms with Gasteiger partial charge in [0.1, 0.15) is 12.1 Å². The molecule has 1 aromatic rings. The number of halogens is 2. The second kappa shape index (κ2) is 11.9. The number of carbonyl (C=O) groups is 4. The van der Waals surface area contributed by atoms with Crippen LogP contribution in [0.5, 0.6) is 0 Å². The van der Waals surface area contributed by atoms with Crippen LogP contribution in [0.4, 0.5) is 8.78 Å². The fourth-order valence-electron chi connectivity index (χ4n) is 6.93. The van der Waals surface area contributed by atoms with Crippen molar-refractivity contribution in [3.05, 3.63) is 34.9 Å². The van der Waals surface area contributed by atoms with Crippen molar-refractivity contribution in [2.24, 2.45) is 11.8 Å². The van der Waals surface area contributed by atoms with Crippen LogP contribution in [-0.4, -0.2) is 65.8 Å². The molecule has 218 valence electrons. The fourth-order valence-corrected chi connectivity index (χ4v) is 6.93. The summed E-state index contributed by atoms with van der Waals surface area (Å²) in [6, 6.07) is 2.75. The van der Waals surface area contributed by atoms with Crippen molar-refractivity contribution in [3.63, 3.8) is 0 Å². The zero-order chi connectivity index (χ0) is 28.4. The number of ether oxygens (including phenoxy) is 1. The second-order valence-corrected chi connectivity index (χ2v) is 11.4. The molecule has 40 heavy (non-hydrogen) atoms. The van der Waals surface area contributed by atoms with Gasteiger partial charge >= 0.3 is 5.92 Å². The summed E-state index contributed by atoms with van der Waals surface area (Å²) in [5.74, 6) is -5.89. The molecule has 0 aromatic heterocycles. The van der Waals surface area contributed by atoms with Gasteiger partial charge in [0.25, 0.3) is 11.8 Å². The number of hydrogen-bond acceptors (Lipinski definition) is 6. The van der Waals surface area contributed by atoms with Crippen molar-refractivity contribution in [3.8, 4) is 0 Å². The maximum Gasteiger partial charge on any atom is 0.341 e. The molecular weight excluding hydrogens is 522 g/mol. The van der Waals surface area contributed by atoms with E-state index in [1.807, 2.05) is 0 Å². The number of alkyl halides is 2. The lowest BCUT2D eigenvalue weighted by molar-refractivity contribution is -0.167. The number of piperidine rings is 2. The van der Waals surface area contributed by atoms with Crippen LogP contribution in [0.2, 0.25) is 0 Å². The minimum absolute atomic E-state index is 0.00765. The van der Waals surface area contributed by atoms with E-state index in [0.717, 1.165) is 32.1 Å². The number of imide groups is 1. The van der Waals surface area contributed by atoms with Gasteiger partial charge in [0.2, 0.25) is 11.8 Å². The molecule has 4 atom stereocenters. The Morgan fingerprint density at radius 2 is 1.90 bits per heavy atom. The highest BCUT2D eigenvalue weighted by atomic mass is 19.3. The molecule has 3 fully saturated rings. The van der Waals surface area contributed by atoms with Gasteiger partial charge in [0, 0.05) is 31.7 Å². The summed E-state index contributed by atoms with van der Waals surface area (Å²) >= 11 is 0. The van der Waals surface area contributed by atoms with Gasteiger partial charge in [-0.2, -0.15) is 8.78 Å². The van der Waals surface area contributed by atoms with Crippen LogP contribution in [0.15, 0.2) is 18.2 Å². The van der Waals surface area contributed by atoms with Gasteiger partial charge in [-0.15, -0.1) is 0 Å². The molecule has 0 bridgehead atoms. The average molecular weight is 561 g/mol. The Hall–Kier alpha value is -2.92. The van der Waals surface area contributed by atoms with Crippen LogP contribution in [0, 0.1) is 11.8 Å². The molecule has 3 N–H and O–H groups in total. The minimum Gasteiger partial charge on any atom is -0.376 e. The highest BCUT2D eigenvalue weighted by molar-refractivity contribution is 6.05. The Labute approximate surface area is 232 Å². The van der Waals surface area contributed by atoms with Crippen molar-refractivity contribution in [2.75, 3.05) is 13.2 Å². The predicted octanol–water partition coefficient (Wildman–Crippen LogP) is 2.66. The molecule has 3 aliphatic heterocycles. The smallest absolute Gasteiger partial charge is 0.341 e. The quantitative estimate of drug-likeness (QED) is 0.421. The van der Waals surface area contributed by atoms with Gasteiger partial charge in [-0.3, -0.25) is 24.5 Å². The van der Waals surface area contributed by atoms with Crippen LogP contribution in [0.1, 0.15) is 79.8 Å². The van der Waals surface area contributed by atoms with E-state index >= 15 is 8.78 Å². The number of hydrogen-bond donors (Lipinski definition) is 3. The number of benzene rings is 1. The molecule has 9 nitrogen and oxygen atoms in total. The van der Waals surface area contributed by atoms with Gasteiger partial charge in [-0.25, -0.2) is 0 Å². The lowest BCUT2D eigenvalue weighted by Gasteiger charge is -2.45. The van der Waals surface area contributed by atoms with Gasteiger partial charge in [-0.05, 0) is 55.3 Å². The first-order valence-electron chi connectivity index (χ1n) is 14.5. The fraction of sp³-hybridized carbons (Fsp3) is 0.655. The molecule has 0 spiro atoms. The molecule has 1 aliphatic carbocycles. The van der Waals surface area contributed by atoms with Gasteiger partial charge in [0.15, 0.2) is 0 Å². The molecule has 4 amide bonds. The summed E-state index contributed by atoms with van der Waals surface area (Å²) in [5, 5.41) is 7.56. The van der Waals surface area contributed by atoms with E-state index in [1.165, 1.54) is 11.3 Å². The Bertz CT molecular complexity index is 1160. The Morgan fingerprint density at radius 1 is 1.12 bits per heavy atom. The maximum atomic E-state index is 15.6. The van der Waals surface area contributed by atoms with Crippen LogP contribution in [-0.2, 0) is 32.2 Å². The summed E-state index contributed by atoms with van der Waals surface area (Å²) < 4.78 is 37.2. The zero-order valence-corrected chi connectivity index (χ0v) is 22.8. The monoisotopic (exact) mass is 560 g/mol. The van der Waals surface area contributed by atoms with E-state index in [2.05, 4.69) is 16.0 Å². The standard InChI is InChI=1S/C29H38F2N4O5/c1-2-40-24-20(18-6-4-3-5-7-18)12-13-32-25(24)29(30,31)28(39)33-15-17-8-9-21-19(14-17)16-35(27(21)38)22-10-11-23(36)34-26(22)37/h8-9,14,18,20,22,24-25,32H,2-7,10-13,15-16H2,1H3,(H,33,39)(H,34,36,37). The molecule has 0 radical (unpaired) electrons. The maximum absolute atomic E-state index is 15.6. The van der Waals surface area contributed by atoms with E-state index < -0.39 is 35.9 Å². The number of amides is 4. The number of carbonyl (C=O) groups excluding carboxylic acids is 4. The normalized spacial score (nSPS) is 27.9. The Kier molecular flexibility index (Phi) is 8.51. The van der Waals surface area contributed by atoms with Gasteiger partial charge < -0.3 is 20.3 Å². The summed E-state index contributed by atoms with van der Waals surface area (Å²) in [4.78, 5) is 51.0. The Morgan fingerprint density at radius 3 is 2.62 bits per heavy atom. The third-order valence-corrected chi connectivity index (χ3v) is 8.94. The number of rotatable bonds is 8. The van der Waals surface area contributed by atoms with E-state index in [1.54, 1.807) is 25.1 Å². The van der Waals surface area contributed by atoms with Crippen LogP contribution in [0.25, 0.3) is 0 Å². The molecule has 3 heterocycles. The third kappa shape index (κ3) is 5.63. The summed E-state index contributed by atoms with van der Waals surface area (Å²) in [7, 11) is 0. The number of nitrogens with zero attached hydrogens (tertiary/aromatic N) is 1. The molecule has 5 rings (SSSR count). The first-order chi connectivity index (χ1) is 19.2. The highest BCUT2D eigenvalue weighted by Gasteiger charge is 2.55. The van der Waals surface area contributed by atoms with Crippen molar-refractivity contribution in [2.45, 2.75) is 95.5 Å². The van der Waals surface area contributed by atoms with Crippen molar-refractivity contribution in [1.82, 2.24) is 20.9 Å². The van der Waals surface area contributed by atoms with Crippen molar-refractivity contribution in [1.29, 1.82) is 0 Å². The predicted molar refractivity (Wildman–Crippen MR) is 141 cm³/mol. The molecule has 4 aliphatic rings. The first-order valence-corrected chi connectivity index (χ1v) is 14.5. The summed E-state index contributed by atoms with van der Waals surface area (Å²) in [6.07, 6.45) is 5.83. The molecular formula is C29H38F2N4O5. The molecule has 11 heteroatoms. The zero-order valence-electron chi connectivity index (χ0n) is 22.8. The second-order valence-electron chi connectivity index (χ2n) is 11.4. The molecule has 2 saturated heterocycles. The summed E-state index contributed by atoms with van der Waals surface area (Å²) in [5.41, 5.74) is 1.64. The van der Waals surface area contributed by atoms with E-state index in [-0.39, 0.29) is 43.7 Å². The lowest BCUT2D eigenvalue weighted by atomic mass is 9.72. The first kappa shape index (κ1) is 28.6.